The van der Waals surface area contributed by atoms with E-state index in [2.05, 4.69) is 20.3 Å². The lowest BCUT2D eigenvalue weighted by Gasteiger charge is -2.09. The molecule has 6 nitrogen and oxygen atoms in total. The molecule has 2 rings (SSSR count). The van der Waals surface area contributed by atoms with Gasteiger partial charge in [-0.2, -0.15) is 13.1 Å². The molecule has 0 aromatic heterocycles. The topological polar surface area (TPSA) is 84.2 Å². The summed E-state index contributed by atoms with van der Waals surface area (Å²) < 4.78 is 27.2. The van der Waals surface area contributed by atoms with Gasteiger partial charge in [0.05, 0.1) is 13.0 Å². The van der Waals surface area contributed by atoms with E-state index in [4.69, 9.17) is 12.2 Å². The van der Waals surface area contributed by atoms with Crippen LogP contribution in [0.1, 0.15) is 19.8 Å². The molecule has 0 radical (unpaired) electrons. The molecule has 1 heterocycles. The lowest BCUT2D eigenvalue weighted by molar-refractivity contribution is -0.448. The highest BCUT2D eigenvalue weighted by Crippen LogP contribution is 2.15. The van der Waals surface area contributed by atoms with Gasteiger partial charge in [-0.25, -0.2) is 0 Å². The summed E-state index contributed by atoms with van der Waals surface area (Å²) in [4.78, 5) is 3.23. The minimum absolute atomic E-state index is 0.202. The van der Waals surface area contributed by atoms with Crippen LogP contribution in [0.2, 0.25) is 0 Å². The SMILES string of the molecule is CCNC(=S)Nc1cccc(S(=O)(=O)NC2=[NH+]CCC2)c1. The molecule has 1 aliphatic heterocycles. The van der Waals surface area contributed by atoms with E-state index >= 15 is 0 Å². The molecule has 1 aromatic rings. The number of benzene rings is 1. The van der Waals surface area contributed by atoms with Crippen molar-refractivity contribution in [1.29, 1.82) is 0 Å². The Bertz CT molecular complexity index is 656. The fourth-order valence-corrected chi connectivity index (χ4v) is 3.40. The van der Waals surface area contributed by atoms with Crippen LogP contribution < -0.4 is 20.3 Å². The molecule has 4 N–H and O–H groups in total. The van der Waals surface area contributed by atoms with Crippen molar-refractivity contribution in [2.45, 2.75) is 24.7 Å². The first-order chi connectivity index (χ1) is 10.0. The van der Waals surface area contributed by atoms with Gasteiger partial charge in [-0.15, -0.1) is 0 Å². The number of anilines is 1. The van der Waals surface area contributed by atoms with Crippen molar-refractivity contribution in [3.05, 3.63) is 24.3 Å². The summed E-state index contributed by atoms with van der Waals surface area (Å²) in [5.74, 6) is 0.650. The second-order valence-corrected chi connectivity index (χ2v) is 6.72. The summed E-state index contributed by atoms with van der Waals surface area (Å²) in [5.41, 5.74) is 0.633. The Hall–Kier alpha value is -1.67. The normalized spacial score (nSPS) is 14.4. The second-order valence-electron chi connectivity index (χ2n) is 4.63. The van der Waals surface area contributed by atoms with Gasteiger partial charge in [-0.05, 0) is 43.8 Å². The minimum atomic E-state index is -3.57. The molecule has 114 valence electrons. The molecule has 0 saturated heterocycles. The van der Waals surface area contributed by atoms with Gasteiger partial charge in [0.2, 0.25) is 0 Å². The predicted molar refractivity (Wildman–Crippen MR) is 86.7 cm³/mol. The molecule has 0 bridgehead atoms. The van der Waals surface area contributed by atoms with E-state index in [1.165, 1.54) is 0 Å². The molecular formula is C13H19N4O2S2+. The van der Waals surface area contributed by atoms with E-state index < -0.39 is 10.0 Å². The Morgan fingerprint density at radius 1 is 1.43 bits per heavy atom. The van der Waals surface area contributed by atoms with Crippen molar-refractivity contribution in [1.82, 2.24) is 10.0 Å². The van der Waals surface area contributed by atoms with Crippen LogP contribution in [-0.4, -0.2) is 32.5 Å². The summed E-state index contributed by atoms with van der Waals surface area (Å²) in [6, 6.07) is 6.56. The van der Waals surface area contributed by atoms with E-state index in [1.54, 1.807) is 24.3 Å². The zero-order valence-electron chi connectivity index (χ0n) is 11.8. The summed E-state index contributed by atoms with van der Waals surface area (Å²) in [5, 5.41) is 6.37. The van der Waals surface area contributed by atoms with Crippen molar-refractivity contribution in [3.8, 4) is 0 Å². The average Bonchev–Trinajstić information content (AvgIpc) is 2.91. The molecule has 0 saturated carbocycles. The van der Waals surface area contributed by atoms with Gasteiger partial charge in [0.25, 0.3) is 5.84 Å². The standard InChI is InChI=1S/C13H18N4O2S2/c1-2-14-13(20)16-10-5-3-6-11(9-10)21(18,19)17-12-7-4-8-15-12/h3,5-6,9H,2,4,7-8H2,1H3,(H,15,17)(H2,14,16,20)/p+1. The first-order valence-electron chi connectivity index (χ1n) is 6.78. The Balaban J connectivity index is 2.14. The number of hydrogen-bond acceptors (Lipinski definition) is 3. The number of nitrogens with one attached hydrogen (secondary N) is 4. The maximum atomic E-state index is 12.3. The van der Waals surface area contributed by atoms with Crippen LogP contribution in [0.5, 0.6) is 0 Å². The van der Waals surface area contributed by atoms with Gasteiger partial charge < -0.3 is 10.6 Å². The number of thiocarbonyl (C=S) groups is 1. The third-order valence-corrected chi connectivity index (χ3v) is 4.58. The molecule has 0 amide bonds. The molecular weight excluding hydrogens is 308 g/mol. The summed E-state index contributed by atoms with van der Waals surface area (Å²) in [7, 11) is -3.57. The van der Waals surface area contributed by atoms with Crippen LogP contribution in [0.25, 0.3) is 0 Å². The zero-order chi connectivity index (χ0) is 15.3. The van der Waals surface area contributed by atoms with Crippen LogP contribution in [0.3, 0.4) is 0 Å². The molecule has 0 spiro atoms. The third-order valence-electron chi connectivity index (χ3n) is 2.94. The minimum Gasteiger partial charge on any atom is -0.363 e. The van der Waals surface area contributed by atoms with Crippen LogP contribution >= 0.6 is 12.2 Å². The smallest absolute Gasteiger partial charge is 0.328 e. The zero-order valence-corrected chi connectivity index (χ0v) is 13.4. The summed E-state index contributed by atoms with van der Waals surface area (Å²) in [6.45, 7) is 3.44. The van der Waals surface area contributed by atoms with Crippen molar-refractivity contribution >= 4 is 38.9 Å². The van der Waals surface area contributed by atoms with Crippen LogP contribution in [0.4, 0.5) is 5.69 Å². The van der Waals surface area contributed by atoms with Crippen molar-refractivity contribution in [2.24, 2.45) is 0 Å². The third kappa shape index (κ3) is 4.40. The molecule has 0 aliphatic carbocycles. The fraction of sp³-hybridized carbons (Fsp3) is 0.385. The molecule has 0 unspecified atom stereocenters. The largest absolute Gasteiger partial charge is 0.363 e. The summed E-state index contributed by atoms with van der Waals surface area (Å²) in [6.07, 6.45) is 1.66. The van der Waals surface area contributed by atoms with E-state index in [1.807, 2.05) is 6.92 Å². The van der Waals surface area contributed by atoms with Crippen LogP contribution in [-0.2, 0) is 10.0 Å². The maximum absolute atomic E-state index is 12.3. The first-order valence-corrected chi connectivity index (χ1v) is 8.68. The Labute approximate surface area is 130 Å². The lowest BCUT2D eigenvalue weighted by atomic mass is 10.3. The second kappa shape index (κ2) is 6.86. The Morgan fingerprint density at radius 3 is 2.90 bits per heavy atom. The number of hydrogen-bond donors (Lipinski definition) is 4. The molecule has 8 heteroatoms. The van der Waals surface area contributed by atoms with E-state index in [-0.39, 0.29) is 4.90 Å². The lowest BCUT2D eigenvalue weighted by Crippen LogP contribution is -2.72. The quantitative estimate of drug-likeness (QED) is 0.563. The summed E-state index contributed by atoms with van der Waals surface area (Å²) >= 11 is 5.09. The first kappa shape index (κ1) is 15.7. The highest BCUT2D eigenvalue weighted by atomic mass is 32.2. The van der Waals surface area contributed by atoms with Gasteiger partial charge >= 0.3 is 10.0 Å². The Morgan fingerprint density at radius 2 is 2.24 bits per heavy atom. The van der Waals surface area contributed by atoms with Gasteiger partial charge in [0.15, 0.2) is 5.11 Å². The Kier molecular flexibility index (Phi) is 5.13. The number of sulfonamides is 1. The van der Waals surface area contributed by atoms with E-state index in [0.29, 0.717) is 23.2 Å². The van der Waals surface area contributed by atoms with Crippen molar-refractivity contribution < 1.29 is 13.4 Å². The van der Waals surface area contributed by atoms with E-state index in [9.17, 15) is 8.42 Å². The average molecular weight is 327 g/mol. The van der Waals surface area contributed by atoms with Gasteiger partial charge in [0.1, 0.15) is 4.90 Å². The van der Waals surface area contributed by atoms with Gasteiger partial charge in [0, 0.05) is 12.2 Å². The highest BCUT2D eigenvalue weighted by Gasteiger charge is 2.24. The van der Waals surface area contributed by atoms with Crippen LogP contribution in [0, 0.1) is 0 Å². The van der Waals surface area contributed by atoms with Crippen molar-refractivity contribution in [3.63, 3.8) is 0 Å². The number of amidine groups is 1. The molecule has 0 atom stereocenters. The maximum Gasteiger partial charge on any atom is 0.328 e. The molecule has 21 heavy (non-hydrogen) atoms. The fourth-order valence-electron chi connectivity index (χ4n) is 1.98. The van der Waals surface area contributed by atoms with Gasteiger partial charge in [-0.3, -0.25) is 4.99 Å². The predicted octanol–water partition coefficient (Wildman–Crippen LogP) is -0.456. The highest BCUT2D eigenvalue weighted by molar-refractivity contribution is 7.90. The molecule has 0 fully saturated rings. The van der Waals surface area contributed by atoms with E-state index in [0.717, 1.165) is 19.4 Å². The number of rotatable bonds is 4. The van der Waals surface area contributed by atoms with Crippen molar-refractivity contribution in [2.75, 3.05) is 18.4 Å². The van der Waals surface area contributed by atoms with Gasteiger partial charge in [-0.1, -0.05) is 6.07 Å². The monoisotopic (exact) mass is 327 g/mol. The molecule has 1 aliphatic rings. The van der Waals surface area contributed by atoms with Crippen LogP contribution in [0.15, 0.2) is 29.2 Å². The molecule has 1 aromatic carbocycles.